The van der Waals surface area contributed by atoms with Crippen LogP contribution in [-0.2, 0) is 16.1 Å². The second-order valence-electron chi connectivity index (χ2n) is 4.56. The third kappa shape index (κ3) is 5.77. The lowest BCUT2D eigenvalue weighted by Gasteiger charge is -2.16. The summed E-state index contributed by atoms with van der Waals surface area (Å²) in [6.45, 7) is 0.689. The van der Waals surface area contributed by atoms with Crippen molar-refractivity contribution in [1.29, 1.82) is 0 Å². The van der Waals surface area contributed by atoms with Gasteiger partial charge in [-0.15, -0.1) is 0 Å². The summed E-state index contributed by atoms with van der Waals surface area (Å²) in [6.07, 6.45) is 2.51. The Morgan fingerprint density at radius 2 is 2.14 bits per heavy atom. The zero-order chi connectivity index (χ0) is 15.7. The first-order chi connectivity index (χ1) is 10.1. The van der Waals surface area contributed by atoms with Crippen molar-refractivity contribution < 1.29 is 14.3 Å². The van der Waals surface area contributed by atoms with E-state index in [1.807, 2.05) is 31.5 Å². The van der Waals surface area contributed by atoms with E-state index in [4.69, 9.17) is 4.74 Å². The molecule has 1 unspecified atom stereocenters. The molecule has 0 radical (unpaired) electrons. The Hall–Kier alpha value is -1.53. The first-order valence-corrected chi connectivity index (χ1v) is 8.13. The second-order valence-corrected chi connectivity index (χ2v) is 5.55. The highest BCUT2D eigenvalue weighted by atomic mass is 32.2. The molecule has 1 amide bonds. The number of carbonyl (C=O) groups excluding carboxylic acids is 2. The summed E-state index contributed by atoms with van der Waals surface area (Å²) in [5, 5.41) is 5.78. The quantitative estimate of drug-likeness (QED) is 0.711. The zero-order valence-electron chi connectivity index (χ0n) is 12.6. The van der Waals surface area contributed by atoms with Crippen LogP contribution in [0.3, 0.4) is 0 Å². The number of thioether (sulfide) groups is 1. The Labute approximate surface area is 129 Å². The number of esters is 1. The van der Waals surface area contributed by atoms with E-state index in [0.717, 1.165) is 11.3 Å². The molecule has 0 aliphatic carbocycles. The Morgan fingerprint density at radius 1 is 1.38 bits per heavy atom. The van der Waals surface area contributed by atoms with Gasteiger partial charge in [-0.3, -0.25) is 4.79 Å². The molecule has 5 nitrogen and oxygen atoms in total. The van der Waals surface area contributed by atoms with E-state index in [-0.39, 0.29) is 5.91 Å². The predicted octanol–water partition coefficient (Wildman–Crippen LogP) is 1.43. The van der Waals surface area contributed by atoms with Gasteiger partial charge in [0.15, 0.2) is 0 Å². The van der Waals surface area contributed by atoms with Gasteiger partial charge < -0.3 is 15.4 Å². The highest BCUT2D eigenvalue weighted by Crippen LogP contribution is 2.08. The smallest absolute Gasteiger partial charge is 0.328 e. The largest absolute Gasteiger partial charge is 0.467 e. The molecule has 0 saturated carbocycles. The normalized spacial score (nSPS) is 11.8. The van der Waals surface area contributed by atoms with Crippen molar-refractivity contribution in [2.45, 2.75) is 19.0 Å². The fourth-order valence-electron chi connectivity index (χ4n) is 1.90. The van der Waals surface area contributed by atoms with Gasteiger partial charge >= 0.3 is 5.97 Å². The summed E-state index contributed by atoms with van der Waals surface area (Å²) < 4.78 is 4.74. The third-order valence-electron chi connectivity index (χ3n) is 2.97. The van der Waals surface area contributed by atoms with Crippen molar-refractivity contribution in [2.24, 2.45) is 0 Å². The molecule has 0 saturated heterocycles. The van der Waals surface area contributed by atoms with E-state index < -0.39 is 12.0 Å². The molecule has 116 valence electrons. The highest BCUT2D eigenvalue weighted by molar-refractivity contribution is 7.98. The van der Waals surface area contributed by atoms with Crippen LogP contribution in [0, 0.1) is 0 Å². The van der Waals surface area contributed by atoms with Crippen LogP contribution in [0.15, 0.2) is 24.3 Å². The number of hydrogen-bond donors (Lipinski definition) is 2. The van der Waals surface area contributed by atoms with Gasteiger partial charge in [-0.1, -0.05) is 12.1 Å². The van der Waals surface area contributed by atoms with Crippen LogP contribution in [-0.4, -0.2) is 44.1 Å². The van der Waals surface area contributed by atoms with E-state index in [1.54, 1.807) is 17.8 Å². The molecular weight excluding hydrogens is 288 g/mol. The van der Waals surface area contributed by atoms with Gasteiger partial charge in [-0.25, -0.2) is 4.79 Å². The predicted molar refractivity (Wildman–Crippen MR) is 85.5 cm³/mol. The van der Waals surface area contributed by atoms with Gasteiger partial charge in [0.2, 0.25) is 0 Å². The minimum absolute atomic E-state index is 0.260. The van der Waals surface area contributed by atoms with Gasteiger partial charge in [-0.2, -0.15) is 11.8 Å². The van der Waals surface area contributed by atoms with Crippen molar-refractivity contribution in [3.63, 3.8) is 0 Å². The molecule has 0 heterocycles. The minimum atomic E-state index is -0.608. The van der Waals surface area contributed by atoms with Crippen molar-refractivity contribution in [3.8, 4) is 0 Å². The number of ether oxygens (including phenoxy) is 1. The molecule has 1 aromatic rings. The molecule has 0 aliphatic rings. The Balaban J connectivity index is 2.76. The first-order valence-electron chi connectivity index (χ1n) is 6.73. The third-order valence-corrected chi connectivity index (χ3v) is 3.62. The SMILES string of the molecule is CNCc1cccc(C(=O)NC(CCSC)C(=O)OC)c1. The van der Waals surface area contributed by atoms with Crippen LogP contribution in [0.25, 0.3) is 0 Å². The standard InChI is InChI=1S/C15H22N2O3S/c1-16-10-11-5-4-6-12(9-11)14(18)17-13(7-8-21-3)15(19)20-2/h4-6,9,13,16H,7-8,10H2,1-3H3,(H,17,18). The monoisotopic (exact) mass is 310 g/mol. The van der Waals surface area contributed by atoms with Gasteiger partial charge in [0, 0.05) is 12.1 Å². The number of methoxy groups -OCH3 is 1. The fourth-order valence-corrected chi connectivity index (χ4v) is 2.37. The Kier molecular flexibility index (Phi) is 7.85. The molecular formula is C15H22N2O3S. The van der Waals surface area contributed by atoms with Crippen molar-refractivity contribution in [1.82, 2.24) is 10.6 Å². The maximum absolute atomic E-state index is 12.2. The minimum Gasteiger partial charge on any atom is -0.467 e. The van der Waals surface area contributed by atoms with Crippen LogP contribution in [0.1, 0.15) is 22.3 Å². The summed E-state index contributed by atoms with van der Waals surface area (Å²) in [5.74, 6) is 0.105. The molecule has 21 heavy (non-hydrogen) atoms. The average Bonchev–Trinajstić information content (AvgIpc) is 2.51. The summed E-state index contributed by atoms with van der Waals surface area (Å²) in [7, 11) is 3.18. The van der Waals surface area contributed by atoms with Crippen LogP contribution in [0.2, 0.25) is 0 Å². The second kappa shape index (κ2) is 9.41. The van der Waals surface area contributed by atoms with E-state index >= 15 is 0 Å². The molecule has 0 bridgehead atoms. The first kappa shape index (κ1) is 17.5. The lowest BCUT2D eigenvalue weighted by atomic mass is 10.1. The molecule has 0 spiro atoms. The summed E-state index contributed by atoms with van der Waals surface area (Å²) in [6, 6.07) is 6.71. The van der Waals surface area contributed by atoms with Gasteiger partial charge in [0.1, 0.15) is 6.04 Å². The van der Waals surface area contributed by atoms with Crippen LogP contribution in [0.5, 0.6) is 0 Å². The lowest BCUT2D eigenvalue weighted by Crippen LogP contribution is -2.42. The fraction of sp³-hybridized carbons (Fsp3) is 0.467. The number of carbonyl (C=O) groups is 2. The summed E-state index contributed by atoms with van der Waals surface area (Å²) >= 11 is 1.62. The van der Waals surface area contributed by atoms with Gasteiger partial charge in [0.25, 0.3) is 5.91 Å². The summed E-state index contributed by atoms with van der Waals surface area (Å²) in [5.41, 5.74) is 1.56. The molecule has 1 rings (SSSR count). The molecule has 0 aliphatic heterocycles. The maximum Gasteiger partial charge on any atom is 0.328 e. The number of amides is 1. The molecule has 1 aromatic carbocycles. The Bertz CT molecular complexity index is 480. The van der Waals surface area contributed by atoms with Crippen LogP contribution >= 0.6 is 11.8 Å². The Morgan fingerprint density at radius 3 is 2.76 bits per heavy atom. The van der Waals surface area contributed by atoms with Crippen molar-refractivity contribution in [2.75, 3.05) is 26.2 Å². The molecule has 2 N–H and O–H groups in total. The maximum atomic E-state index is 12.2. The summed E-state index contributed by atoms with van der Waals surface area (Å²) in [4.78, 5) is 23.9. The van der Waals surface area contributed by atoms with Crippen molar-refractivity contribution in [3.05, 3.63) is 35.4 Å². The average molecular weight is 310 g/mol. The van der Waals surface area contributed by atoms with Crippen LogP contribution in [0.4, 0.5) is 0 Å². The number of hydrogen-bond acceptors (Lipinski definition) is 5. The lowest BCUT2D eigenvalue weighted by molar-refractivity contribution is -0.142. The number of benzene rings is 1. The van der Waals surface area contributed by atoms with Gasteiger partial charge in [0.05, 0.1) is 7.11 Å². The van der Waals surface area contributed by atoms with Gasteiger partial charge in [-0.05, 0) is 43.2 Å². The van der Waals surface area contributed by atoms with E-state index in [1.165, 1.54) is 7.11 Å². The highest BCUT2D eigenvalue weighted by Gasteiger charge is 2.21. The van der Waals surface area contributed by atoms with E-state index in [2.05, 4.69) is 10.6 Å². The zero-order valence-corrected chi connectivity index (χ0v) is 13.5. The topological polar surface area (TPSA) is 67.4 Å². The molecule has 6 heteroatoms. The van der Waals surface area contributed by atoms with Crippen molar-refractivity contribution >= 4 is 23.6 Å². The molecule has 0 fully saturated rings. The van der Waals surface area contributed by atoms with E-state index in [0.29, 0.717) is 18.5 Å². The molecule has 0 aromatic heterocycles. The number of rotatable bonds is 8. The number of nitrogens with one attached hydrogen (secondary N) is 2. The van der Waals surface area contributed by atoms with E-state index in [9.17, 15) is 9.59 Å². The van der Waals surface area contributed by atoms with Crippen LogP contribution < -0.4 is 10.6 Å². The molecule has 1 atom stereocenters.